The van der Waals surface area contributed by atoms with Crippen LogP contribution in [0.1, 0.15) is 22.3 Å². The quantitative estimate of drug-likeness (QED) is 0.0890. The van der Waals surface area contributed by atoms with Crippen LogP contribution in [0.4, 0.5) is 34.1 Å². The van der Waals surface area contributed by atoms with Crippen molar-refractivity contribution in [2.75, 3.05) is 9.80 Å². The van der Waals surface area contributed by atoms with Crippen LogP contribution in [0.15, 0.2) is 279 Å². The number of para-hydroxylation sites is 2. The summed E-state index contributed by atoms with van der Waals surface area (Å²) in [7, 11) is 0. The normalized spacial score (nSPS) is 11.5. The topological polar surface area (TPSA) is 6.48 Å². The molecule has 12 rings (SSSR count). The highest BCUT2D eigenvalue weighted by atomic mass is 15.1. The third-order valence-electron chi connectivity index (χ3n) is 13.6. The van der Waals surface area contributed by atoms with E-state index in [4.69, 9.17) is 0 Å². The van der Waals surface area contributed by atoms with Gasteiger partial charge in [0.15, 0.2) is 0 Å². The van der Waals surface area contributed by atoms with Gasteiger partial charge in [-0.3, -0.25) is 0 Å². The first-order valence-electron chi connectivity index (χ1n) is 24.7. The fraction of sp³-hybridized carbons (Fsp3) is 0. The van der Waals surface area contributed by atoms with Crippen molar-refractivity contribution in [1.82, 2.24) is 0 Å². The summed E-state index contributed by atoms with van der Waals surface area (Å²) < 4.78 is 0. The molecule has 0 saturated heterocycles. The molecule has 0 amide bonds. The second kappa shape index (κ2) is 19.8. The highest BCUT2D eigenvalue weighted by Crippen LogP contribution is 2.44. The first-order chi connectivity index (χ1) is 35.7. The minimum Gasteiger partial charge on any atom is -0.311 e. The van der Waals surface area contributed by atoms with Gasteiger partial charge in [-0.1, -0.05) is 218 Å². The Balaban J connectivity index is 0.913. The summed E-state index contributed by atoms with van der Waals surface area (Å²) in [5, 5.41) is 7.42. The van der Waals surface area contributed by atoms with E-state index < -0.39 is 0 Å². The van der Waals surface area contributed by atoms with Crippen molar-refractivity contribution in [2.45, 2.75) is 0 Å². The molecular weight excluding hydrogens is 869 g/mol. The molecule has 0 atom stereocenters. The fourth-order valence-electron chi connectivity index (χ4n) is 10.0. The minimum absolute atomic E-state index is 1.08. The molecule has 2 heteroatoms. The molecular formula is C70H50N2. The van der Waals surface area contributed by atoms with Crippen molar-refractivity contribution >= 4 is 90.7 Å². The maximum Gasteiger partial charge on any atom is 0.0462 e. The minimum atomic E-state index is 1.08. The lowest BCUT2D eigenvalue weighted by atomic mass is 9.87. The number of anilines is 6. The zero-order valence-corrected chi connectivity index (χ0v) is 39.8. The maximum atomic E-state index is 2.42. The van der Waals surface area contributed by atoms with Crippen molar-refractivity contribution in [3.63, 3.8) is 0 Å². The van der Waals surface area contributed by atoms with E-state index in [2.05, 4.69) is 301 Å². The molecule has 0 unspecified atom stereocenters. The first-order valence-corrected chi connectivity index (χ1v) is 24.7. The number of hydrogen-bond donors (Lipinski definition) is 0. The molecule has 0 bridgehead atoms. The molecule has 2 nitrogen and oxygen atoms in total. The van der Waals surface area contributed by atoms with E-state index in [1.165, 1.54) is 65.7 Å². The van der Waals surface area contributed by atoms with Crippen LogP contribution in [0.5, 0.6) is 0 Å². The summed E-state index contributed by atoms with van der Waals surface area (Å²) in [5.41, 5.74) is 16.1. The number of benzene rings is 12. The lowest BCUT2D eigenvalue weighted by molar-refractivity contribution is 1.28. The summed E-state index contributed by atoms with van der Waals surface area (Å²) in [4.78, 5) is 4.66. The van der Waals surface area contributed by atoms with Crippen LogP contribution < -0.4 is 9.80 Å². The van der Waals surface area contributed by atoms with Gasteiger partial charge in [0.2, 0.25) is 0 Å². The Morgan fingerprint density at radius 1 is 0.194 bits per heavy atom. The second-order valence-corrected chi connectivity index (χ2v) is 18.1. The van der Waals surface area contributed by atoms with Gasteiger partial charge in [0.25, 0.3) is 0 Å². The van der Waals surface area contributed by atoms with Crippen molar-refractivity contribution in [2.24, 2.45) is 0 Å². The molecule has 12 aromatic rings. The molecule has 0 aromatic heterocycles. The van der Waals surface area contributed by atoms with Crippen molar-refractivity contribution in [3.05, 3.63) is 301 Å². The highest BCUT2D eigenvalue weighted by Gasteiger charge is 2.18. The largest absolute Gasteiger partial charge is 0.311 e. The van der Waals surface area contributed by atoms with Crippen molar-refractivity contribution in [3.8, 4) is 22.3 Å². The number of nitrogens with zero attached hydrogens (tertiary/aromatic N) is 2. The predicted molar refractivity (Wildman–Crippen MR) is 310 cm³/mol. The molecule has 0 N–H and O–H groups in total. The molecule has 12 aromatic carbocycles. The van der Waals surface area contributed by atoms with Gasteiger partial charge < -0.3 is 9.80 Å². The lowest BCUT2D eigenvalue weighted by Gasteiger charge is -2.26. The second-order valence-electron chi connectivity index (χ2n) is 18.1. The fourth-order valence-corrected chi connectivity index (χ4v) is 10.0. The molecule has 0 heterocycles. The Morgan fingerprint density at radius 2 is 0.444 bits per heavy atom. The Labute approximate surface area is 422 Å². The van der Waals surface area contributed by atoms with Gasteiger partial charge in [-0.25, -0.2) is 0 Å². The summed E-state index contributed by atoms with van der Waals surface area (Å²) in [5.74, 6) is 0. The van der Waals surface area contributed by atoms with E-state index in [0.717, 1.165) is 45.3 Å². The van der Waals surface area contributed by atoms with E-state index in [9.17, 15) is 0 Å². The molecule has 0 aliphatic carbocycles. The van der Waals surface area contributed by atoms with Crippen LogP contribution in [0, 0.1) is 0 Å². The number of fused-ring (bicyclic) bond motifs is 5. The van der Waals surface area contributed by atoms with Gasteiger partial charge >= 0.3 is 0 Å². The Hall–Kier alpha value is -9.50. The summed E-state index contributed by atoms with van der Waals surface area (Å²) in [6.07, 6.45) is 8.68. The van der Waals surface area contributed by atoms with E-state index in [0.29, 0.717) is 0 Å². The van der Waals surface area contributed by atoms with Crippen LogP contribution in [0.3, 0.4) is 0 Å². The molecule has 340 valence electrons. The van der Waals surface area contributed by atoms with E-state index in [-0.39, 0.29) is 0 Å². The summed E-state index contributed by atoms with van der Waals surface area (Å²) in [6.45, 7) is 0. The third kappa shape index (κ3) is 8.97. The Kier molecular flexibility index (Phi) is 12.1. The molecule has 0 aliphatic rings. The van der Waals surface area contributed by atoms with Crippen LogP contribution in [-0.2, 0) is 0 Å². The van der Waals surface area contributed by atoms with Crippen molar-refractivity contribution < 1.29 is 0 Å². The lowest BCUT2D eigenvalue weighted by Crippen LogP contribution is -2.09. The molecule has 0 aliphatic heterocycles. The molecule has 0 spiro atoms. The standard InChI is InChI=1S/C70H50N2/c1-5-17-51(18-6-1)29-31-53-33-41-59(42-34-53)72(60-43-35-54(36-44-60)32-30-52-19-7-2-8-20-52)62-47-39-56(40-48-62)68-50-70-65-27-15-13-25-63(65)67(49-69(70)66-28-16-14-26-64(66)68)55-37-45-61(46-38-55)71(57-21-9-3-10-22-57)58-23-11-4-12-24-58/h1-50H/b31-29+,32-30+. The van der Waals surface area contributed by atoms with Crippen LogP contribution in [-0.4, -0.2) is 0 Å². The Morgan fingerprint density at radius 3 is 0.778 bits per heavy atom. The summed E-state index contributed by atoms with van der Waals surface area (Å²) >= 11 is 0. The zero-order chi connectivity index (χ0) is 48.1. The zero-order valence-electron chi connectivity index (χ0n) is 39.8. The van der Waals surface area contributed by atoms with Gasteiger partial charge in [0, 0.05) is 34.1 Å². The Bertz CT molecular complexity index is 3710. The van der Waals surface area contributed by atoms with E-state index >= 15 is 0 Å². The predicted octanol–water partition coefficient (Wildman–Crippen LogP) is 19.8. The van der Waals surface area contributed by atoms with Gasteiger partial charge in [-0.2, -0.15) is 0 Å². The highest BCUT2D eigenvalue weighted by molar-refractivity contribution is 6.24. The number of rotatable bonds is 12. The van der Waals surface area contributed by atoms with Crippen LogP contribution in [0.25, 0.3) is 78.9 Å². The smallest absolute Gasteiger partial charge is 0.0462 e. The monoisotopic (exact) mass is 918 g/mol. The average molecular weight is 919 g/mol. The first kappa shape index (κ1) is 43.8. The summed E-state index contributed by atoms with van der Waals surface area (Å²) in [6, 6.07) is 101. The van der Waals surface area contributed by atoms with Gasteiger partial charge in [-0.15, -0.1) is 0 Å². The van der Waals surface area contributed by atoms with Gasteiger partial charge in [0.1, 0.15) is 0 Å². The average Bonchev–Trinajstić information content (AvgIpc) is 3.46. The third-order valence-corrected chi connectivity index (χ3v) is 13.6. The van der Waals surface area contributed by atoms with Crippen LogP contribution >= 0.6 is 0 Å². The maximum absolute atomic E-state index is 2.42. The molecule has 0 radical (unpaired) electrons. The van der Waals surface area contributed by atoms with E-state index in [1.54, 1.807) is 0 Å². The van der Waals surface area contributed by atoms with E-state index in [1.807, 2.05) is 12.1 Å². The number of hydrogen-bond acceptors (Lipinski definition) is 2. The van der Waals surface area contributed by atoms with Crippen molar-refractivity contribution in [1.29, 1.82) is 0 Å². The SMILES string of the molecule is C(=C\c1ccc(N(c2ccc(/C=C/c3ccccc3)cc2)c2ccc(-c3cc4c5ccccc5c(-c5ccc(N(c6ccccc6)c6ccccc6)cc5)cc4c4ccccc34)cc2)cc1)/c1ccccc1. The molecule has 72 heavy (non-hydrogen) atoms. The molecule has 0 saturated carbocycles. The van der Waals surface area contributed by atoms with Gasteiger partial charge in [-0.05, 0) is 162 Å². The van der Waals surface area contributed by atoms with Crippen LogP contribution in [0.2, 0.25) is 0 Å². The molecule has 0 fully saturated rings. The van der Waals surface area contributed by atoms with Gasteiger partial charge in [0.05, 0.1) is 0 Å².